The van der Waals surface area contributed by atoms with Crippen molar-refractivity contribution in [2.24, 2.45) is 0 Å². The van der Waals surface area contributed by atoms with Crippen LogP contribution in [0.1, 0.15) is 5.56 Å². The molecule has 0 aliphatic heterocycles. The van der Waals surface area contributed by atoms with Crippen LogP contribution < -0.4 is 0 Å². The summed E-state index contributed by atoms with van der Waals surface area (Å²) >= 11 is 0. The van der Waals surface area contributed by atoms with E-state index >= 15 is 0 Å². The summed E-state index contributed by atoms with van der Waals surface area (Å²) in [5.74, 6) is -0.553. The summed E-state index contributed by atoms with van der Waals surface area (Å²) in [6.07, 6.45) is -5.73. The lowest BCUT2D eigenvalue weighted by Crippen LogP contribution is -2.46. The van der Waals surface area contributed by atoms with E-state index in [1.165, 1.54) is 6.08 Å². The van der Waals surface area contributed by atoms with Crippen LogP contribution in [0.25, 0.3) is 6.08 Å². The van der Waals surface area contributed by atoms with Crippen molar-refractivity contribution in [1.82, 2.24) is 0 Å². The van der Waals surface area contributed by atoms with E-state index in [-0.39, 0.29) is 0 Å². The molecule has 6 heteroatoms. The Bertz CT molecular complexity index is 405. The van der Waals surface area contributed by atoms with E-state index in [1.807, 2.05) is 0 Å². The van der Waals surface area contributed by atoms with Crippen LogP contribution in [0.15, 0.2) is 36.1 Å². The topological polar surface area (TPSA) is 121 Å². The number of rotatable bonds is 6. The first-order valence-corrected chi connectivity index (χ1v) is 5.76. The molecule has 6 N–H and O–H groups in total. The minimum atomic E-state index is -1.82. The minimum Gasteiger partial charge on any atom is -0.509 e. The average molecular weight is 270 g/mol. The molecule has 6 nitrogen and oxygen atoms in total. The van der Waals surface area contributed by atoms with E-state index < -0.39 is 36.8 Å². The van der Waals surface area contributed by atoms with E-state index in [0.717, 1.165) is 0 Å². The lowest BCUT2D eigenvalue weighted by Gasteiger charge is -2.25. The standard InChI is InChI=1S/C13H18O6/c14-7-10(16)12(18)13(19)11(17)9(15)6-8-4-2-1-3-5-8/h1-6,10-19H,7H2/b9-6-/t10-,11-,12+,13-/m0/s1. The molecular formula is C13H18O6. The van der Waals surface area contributed by atoms with Crippen molar-refractivity contribution < 1.29 is 30.6 Å². The van der Waals surface area contributed by atoms with Crippen molar-refractivity contribution in [2.75, 3.05) is 6.61 Å². The van der Waals surface area contributed by atoms with Crippen LogP contribution in [0.5, 0.6) is 0 Å². The Morgan fingerprint density at radius 1 is 1.00 bits per heavy atom. The molecule has 0 bridgehead atoms. The van der Waals surface area contributed by atoms with Gasteiger partial charge in [-0.3, -0.25) is 0 Å². The molecule has 4 atom stereocenters. The molecule has 0 amide bonds. The first-order chi connectivity index (χ1) is 8.97. The highest BCUT2D eigenvalue weighted by Gasteiger charge is 2.32. The number of hydrogen-bond acceptors (Lipinski definition) is 6. The van der Waals surface area contributed by atoms with Gasteiger partial charge in [-0.05, 0) is 11.6 Å². The van der Waals surface area contributed by atoms with Gasteiger partial charge in [-0.1, -0.05) is 30.3 Å². The second kappa shape index (κ2) is 7.22. The van der Waals surface area contributed by atoms with Crippen LogP contribution in [-0.4, -0.2) is 61.7 Å². The van der Waals surface area contributed by atoms with E-state index in [2.05, 4.69) is 0 Å². The summed E-state index contributed by atoms with van der Waals surface area (Å²) in [7, 11) is 0. The molecule has 0 aliphatic rings. The van der Waals surface area contributed by atoms with Gasteiger partial charge < -0.3 is 30.6 Å². The summed E-state index contributed by atoms with van der Waals surface area (Å²) < 4.78 is 0. The molecule has 0 radical (unpaired) electrons. The van der Waals surface area contributed by atoms with Gasteiger partial charge in [0.25, 0.3) is 0 Å². The van der Waals surface area contributed by atoms with Crippen LogP contribution in [0.2, 0.25) is 0 Å². The molecule has 1 aromatic rings. The molecule has 0 saturated carbocycles. The molecule has 106 valence electrons. The predicted octanol–water partition coefficient (Wildman–Crippen LogP) is -0.979. The fourth-order valence-corrected chi connectivity index (χ4v) is 1.50. The monoisotopic (exact) mass is 270 g/mol. The van der Waals surface area contributed by atoms with Gasteiger partial charge in [0.05, 0.1) is 6.61 Å². The molecule has 1 aromatic carbocycles. The van der Waals surface area contributed by atoms with Crippen molar-refractivity contribution in [3.8, 4) is 0 Å². The number of aliphatic hydroxyl groups excluding tert-OH is 6. The normalized spacial score (nSPS) is 18.7. The second-order valence-corrected chi connectivity index (χ2v) is 4.16. The zero-order valence-corrected chi connectivity index (χ0v) is 10.2. The highest BCUT2D eigenvalue weighted by atomic mass is 16.4. The summed E-state index contributed by atoms with van der Waals surface area (Å²) in [4.78, 5) is 0. The Morgan fingerprint density at radius 3 is 2.11 bits per heavy atom. The van der Waals surface area contributed by atoms with Crippen molar-refractivity contribution in [1.29, 1.82) is 0 Å². The zero-order valence-electron chi connectivity index (χ0n) is 10.2. The lowest BCUT2D eigenvalue weighted by atomic mass is 10.0. The lowest BCUT2D eigenvalue weighted by molar-refractivity contribution is -0.112. The largest absolute Gasteiger partial charge is 0.509 e. The third-order valence-corrected chi connectivity index (χ3v) is 2.67. The highest BCUT2D eigenvalue weighted by Crippen LogP contribution is 2.14. The quantitative estimate of drug-likeness (QED) is 0.370. The highest BCUT2D eigenvalue weighted by molar-refractivity contribution is 5.51. The van der Waals surface area contributed by atoms with E-state index in [0.29, 0.717) is 5.56 Å². The summed E-state index contributed by atoms with van der Waals surface area (Å²) in [5, 5.41) is 56.0. The number of aliphatic hydroxyl groups is 6. The first kappa shape index (κ1) is 15.6. The maximum atomic E-state index is 9.64. The van der Waals surface area contributed by atoms with Crippen LogP contribution in [0.3, 0.4) is 0 Å². The summed E-state index contributed by atoms with van der Waals surface area (Å²) in [6, 6.07) is 8.59. The fraction of sp³-hybridized carbons (Fsp3) is 0.385. The number of benzene rings is 1. The van der Waals surface area contributed by atoms with Gasteiger partial charge in [-0.2, -0.15) is 0 Å². The molecule has 0 aromatic heterocycles. The average Bonchev–Trinajstić information content (AvgIpc) is 2.44. The number of hydrogen-bond donors (Lipinski definition) is 6. The molecule has 0 fully saturated rings. The molecule has 1 rings (SSSR count). The molecular weight excluding hydrogens is 252 g/mol. The SMILES string of the molecule is OC[C@H](O)[C@@H](O)[C@@H](O)[C@@H](O)/C(O)=C/c1ccccc1. The van der Waals surface area contributed by atoms with E-state index in [9.17, 15) is 20.4 Å². The molecule has 0 saturated heterocycles. The molecule has 0 unspecified atom stereocenters. The van der Waals surface area contributed by atoms with Crippen LogP contribution in [0.4, 0.5) is 0 Å². The van der Waals surface area contributed by atoms with E-state index in [4.69, 9.17) is 10.2 Å². The second-order valence-electron chi connectivity index (χ2n) is 4.16. The molecule has 19 heavy (non-hydrogen) atoms. The maximum absolute atomic E-state index is 9.64. The summed E-state index contributed by atoms with van der Waals surface area (Å²) in [6.45, 7) is -0.770. The Morgan fingerprint density at radius 2 is 1.58 bits per heavy atom. The third-order valence-electron chi connectivity index (χ3n) is 2.67. The van der Waals surface area contributed by atoms with Gasteiger partial charge in [-0.25, -0.2) is 0 Å². The molecule has 0 aliphatic carbocycles. The first-order valence-electron chi connectivity index (χ1n) is 5.76. The fourth-order valence-electron chi connectivity index (χ4n) is 1.50. The Balaban J connectivity index is 2.76. The van der Waals surface area contributed by atoms with Crippen molar-refractivity contribution >= 4 is 6.08 Å². The van der Waals surface area contributed by atoms with Gasteiger partial charge in [-0.15, -0.1) is 0 Å². The van der Waals surface area contributed by atoms with Gasteiger partial charge >= 0.3 is 0 Å². The Kier molecular flexibility index (Phi) is 5.94. The molecule has 0 heterocycles. The van der Waals surface area contributed by atoms with Gasteiger partial charge in [0.1, 0.15) is 30.2 Å². The zero-order chi connectivity index (χ0) is 14.4. The molecule has 0 spiro atoms. The van der Waals surface area contributed by atoms with Gasteiger partial charge in [0.15, 0.2) is 0 Å². The van der Waals surface area contributed by atoms with Crippen LogP contribution >= 0.6 is 0 Å². The Hall–Kier alpha value is -1.44. The predicted molar refractivity (Wildman–Crippen MR) is 68.2 cm³/mol. The van der Waals surface area contributed by atoms with Crippen molar-refractivity contribution in [2.45, 2.75) is 24.4 Å². The van der Waals surface area contributed by atoms with Crippen molar-refractivity contribution in [3.63, 3.8) is 0 Å². The third kappa shape index (κ3) is 4.30. The van der Waals surface area contributed by atoms with Crippen LogP contribution in [0, 0.1) is 0 Å². The van der Waals surface area contributed by atoms with Gasteiger partial charge in [0, 0.05) is 0 Å². The maximum Gasteiger partial charge on any atom is 0.139 e. The Labute approximate surface area is 110 Å². The van der Waals surface area contributed by atoms with Gasteiger partial charge in [0.2, 0.25) is 0 Å². The summed E-state index contributed by atoms with van der Waals surface area (Å²) in [5.41, 5.74) is 0.600. The van der Waals surface area contributed by atoms with Crippen LogP contribution in [-0.2, 0) is 0 Å². The van der Waals surface area contributed by atoms with E-state index in [1.54, 1.807) is 30.3 Å². The smallest absolute Gasteiger partial charge is 0.139 e. The van der Waals surface area contributed by atoms with Crippen molar-refractivity contribution in [3.05, 3.63) is 41.7 Å². The minimum absolute atomic E-state index is 0.553.